The number of carbonyl (C=O) groups is 2. The van der Waals surface area contributed by atoms with E-state index in [-0.39, 0.29) is 11.8 Å². The van der Waals surface area contributed by atoms with Gasteiger partial charge in [0.1, 0.15) is 0 Å². The summed E-state index contributed by atoms with van der Waals surface area (Å²) in [6, 6.07) is 0. The predicted molar refractivity (Wildman–Crippen MR) is 189 cm³/mol. The lowest BCUT2D eigenvalue weighted by molar-refractivity contribution is -0.122. The number of carbonyl (C=O) groups excluding carboxylic acids is 2. The minimum absolute atomic E-state index is 0.0406. The van der Waals surface area contributed by atoms with E-state index >= 15 is 0 Å². The minimum Gasteiger partial charge on any atom is -0.330 e. The van der Waals surface area contributed by atoms with E-state index in [1.807, 2.05) is 6.92 Å². The molecule has 0 atom stereocenters. The van der Waals surface area contributed by atoms with E-state index in [1.54, 1.807) is 0 Å². The summed E-state index contributed by atoms with van der Waals surface area (Å²) in [5.41, 5.74) is 0. The zero-order valence-corrected chi connectivity index (χ0v) is 29.7. The second-order valence-electron chi connectivity index (χ2n) is 13.3. The van der Waals surface area contributed by atoms with Crippen LogP contribution in [0.15, 0.2) is 0 Å². The van der Waals surface area contributed by atoms with E-state index in [4.69, 9.17) is 0 Å². The smallest absolute Gasteiger partial charge is 0.221 e. The van der Waals surface area contributed by atoms with Crippen LogP contribution < -0.4 is 10.6 Å². The topological polar surface area (TPSA) is 58.2 Å². The summed E-state index contributed by atoms with van der Waals surface area (Å²) in [5, 5.41) is 5.89. The van der Waals surface area contributed by atoms with Crippen molar-refractivity contribution in [2.45, 2.75) is 233 Å². The molecule has 43 heavy (non-hydrogen) atoms. The van der Waals surface area contributed by atoms with Crippen LogP contribution in [0.3, 0.4) is 0 Å². The second kappa shape index (κ2) is 35.4. The molecule has 0 spiro atoms. The Labute approximate surface area is 270 Å². The van der Waals surface area contributed by atoms with Gasteiger partial charge in [0, 0.05) is 12.8 Å². The molecule has 4 nitrogen and oxygen atoms in total. The van der Waals surface area contributed by atoms with Gasteiger partial charge in [-0.15, -0.1) is 0 Å². The van der Waals surface area contributed by atoms with E-state index in [2.05, 4.69) is 24.5 Å². The molecule has 0 unspecified atom stereocenters. The van der Waals surface area contributed by atoms with Crippen LogP contribution >= 0.6 is 0 Å². The number of unbranched alkanes of at least 4 members (excludes halogenated alkanes) is 28. The first kappa shape index (κ1) is 41.9. The molecular formula is C39H77N2O2. The van der Waals surface area contributed by atoms with E-state index in [1.165, 1.54) is 167 Å². The molecule has 0 fully saturated rings. The maximum atomic E-state index is 12.4. The summed E-state index contributed by atoms with van der Waals surface area (Å²) in [6.07, 6.45) is 42.3. The Kier molecular flexibility index (Phi) is 34.5. The van der Waals surface area contributed by atoms with Gasteiger partial charge in [0.05, 0.1) is 0 Å². The van der Waals surface area contributed by atoms with Crippen molar-refractivity contribution >= 4 is 11.8 Å². The Balaban J connectivity index is 3.50. The van der Waals surface area contributed by atoms with Crippen molar-refractivity contribution in [3.63, 3.8) is 0 Å². The van der Waals surface area contributed by atoms with Crippen molar-refractivity contribution in [1.82, 2.24) is 10.6 Å². The molecular weight excluding hydrogens is 528 g/mol. The average molecular weight is 606 g/mol. The average Bonchev–Trinajstić information content (AvgIpc) is 3.00. The SMILES string of the molecule is CCCCCCCCCCCCCCCCCC(=O)N[C](CC)NC(=O)CCCCCCCCCCCCCCCCC. The van der Waals surface area contributed by atoms with Gasteiger partial charge in [-0.05, 0) is 19.3 Å². The van der Waals surface area contributed by atoms with E-state index in [0.29, 0.717) is 25.4 Å². The Bertz CT molecular complexity index is 532. The highest BCUT2D eigenvalue weighted by Gasteiger charge is 2.14. The Morgan fingerprint density at radius 1 is 0.326 bits per heavy atom. The third-order valence-electron chi connectivity index (χ3n) is 8.95. The lowest BCUT2D eigenvalue weighted by Gasteiger charge is -2.17. The van der Waals surface area contributed by atoms with Crippen molar-refractivity contribution in [2.24, 2.45) is 0 Å². The fourth-order valence-corrected chi connectivity index (χ4v) is 5.98. The Hall–Kier alpha value is -1.06. The molecule has 0 aromatic rings. The van der Waals surface area contributed by atoms with Gasteiger partial charge in [-0.25, -0.2) is 0 Å². The van der Waals surface area contributed by atoms with Gasteiger partial charge in [-0.1, -0.05) is 201 Å². The normalized spacial score (nSPS) is 11.3. The Morgan fingerprint density at radius 2 is 0.535 bits per heavy atom. The van der Waals surface area contributed by atoms with Crippen molar-refractivity contribution in [2.75, 3.05) is 0 Å². The molecule has 0 aromatic heterocycles. The third-order valence-corrected chi connectivity index (χ3v) is 8.95. The lowest BCUT2D eigenvalue weighted by atomic mass is 10.0. The van der Waals surface area contributed by atoms with Crippen LogP contribution in [0.2, 0.25) is 0 Å². The number of amides is 2. The molecule has 0 aliphatic rings. The van der Waals surface area contributed by atoms with Gasteiger partial charge in [-0.2, -0.15) is 0 Å². The Morgan fingerprint density at radius 3 is 0.744 bits per heavy atom. The van der Waals surface area contributed by atoms with Gasteiger partial charge < -0.3 is 10.6 Å². The minimum atomic E-state index is 0.0406. The number of hydrogen-bond donors (Lipinski definition) is 2. The van der Waals surface area contributed by atoms with Gasteiger partial charge in [-0.3, -0.25) is 9.59 Å². The first-order valence-electron chi connectivity index (χ1n) is 19.6. The van der Waals surface area contributed by atoms with Crippen LogP contribution in [0.4, 0.5) is 0 Å². The molecule has 0 saturated heterocycles. The summed E-state index contributed by atoms with van der Waals surface area (Å²) < 4.78 is 0. The zero-order valence-electron chi connectivity index (χ0n) is 29.7. The van der Waals surface area contributed by atoms with Gasteiger partial charge in [0.25, 0.3) is 0 Å². The van der Waals surface area contributed by atoms with Crippen LogP contribution in [-0.4, -0.2) is 11.8 Å². The molecule has 0 bridgehead atoms. The molecule has 0 saturated carbocycles. The quantitative estimate of drug-likeness (QED) is 0.0706. The lowest BCUT2D eigenvalue weighted by Crippen LogP contribution is -2.40. The van der Waals surface area contributed by atoms with Crippen molar-refractivity contribution in [3.8, 4) is 0 Å². The van der Waals surface area contributed by atoms with Gasteiger partial charge in [0.15, 0.2) is 6.17 Å². The first-order valence-corrected chi connectivity index (χ1v) is 19.6. The number of hydrogen-bond acceptors (Lipinski definition) is 2. The highest BCUT2D eigenvalue weighted by Crippen LogP contribution is 2.15. The van der Waals surface area contributed by atoms with Crippen LogP contribution in [0.5, 0.6) is 0 Å². The number of rotatable bonds is 35. The largest absolute Gasteiger partial charge is 0.330 e. The molecule has 0 heterocycles. The van der Waals surface area contributed by atoms with Crippen molar-refractivity contribution in [1.29, 1.82) is 0 Å². The fourth-order valence-electron chi connectivity index (χ4n) is 5.98. The fraction of sp³-hybridized carbons (Fsp3) is 0.923. The molecule has 1 radical (unpaired) electrons. The van der Waals surface area contributed by atoms with Gasteiger partial charge >= 0.3 is 0 Å². The van der Waals surface area contributed by atoms with E-state index in [9.17, 15) is 9.59 Å². The van der Waals surface area contributed by atoms with Crippen LogP contribution in [-0.2, 0) is 9.59 Å². The maximum absolute atomic E-state index is 12.4. The molecule has 255 valence electrons. The maximum Gasteiger partial charge on any atom is 0.221 e. The standard InChI is InChI=1S/C39H77N2O2/c1-4-7-9-11-13-15-17-19-21-23-25-27-29-31-33-35-38(42)40-37(6-3)41-39(43)36-34-32-30-28-26-24-22-20-18-16-14-12-10-8-5-2/h4-36H2,1-3H3,(H,40,42)(H,41,43). The highest BCUT2D eigenvalue weighted by atomic mass is 16.2. The highest BCUT2D eigenvalue weighted by molar-refractivity contribution is 5.80. The molecule has 0 aromatic carbocycles. The van der Waals surface area contributed by atoms with E-state index < -0.39 is 0 Å². The summed E-state index contributed by atoms with van der Waals surface area (Å²) in [5.74, 6) is 0.0811. The van der Waals surface area contributed by atoms with Crippen molar-refractivity contribution in [3.05, 3.63) is 6.17 Å². The van der Waals surface area contributed by atoms with Crippen LogP contribution in [0, 0.1) is 6.17 Å². The van der Waals surface area contributed by atoms with E-state index in [0.717, 1.165) is 25.7 Å². The summed E-state index contributed by atoms with van der Waals surface area (Å²) >= 11 is 0. The summed E-state index contributed by atoms with van der Waals surface area (Å²) in [6.45, 7) is 6.55. The molecule has 0 rings (SSSR count). The van der Waals surface area contributed by atoms with Crippen molar-refractivity contribution < 1.29 is 9.59 Å². The van der Waals surface area contributed by atoms with Gasteiger partial charge in [0.2, 0.25) is 11.8 Å². The first-order chi connectivity index (χ1) is 21.1. The second-order valence-corrected chi connectivity index (χ2v) is 13.3. The predicted octanol–water partition coefficient (Wildman–Crippen LogP) is 12.6. The molecule has 2 amide bonds. The number of nitrogens with one attached hydrogen (secondary N) is 2. The molecule has 0 aliphatic carbocycles. The zero-order chi connectivity index (χ0) is 31.5. The molecule has 4 heteroatoms. The summed E-state index contributed by atoms with van der Waals surface area (Å²) in [4.78, 5) is 24.7. The summed E-state index contributed by atoms with van der Waals surface area (Å²) in [7, 11) is 0. The van der Waals surface area contributed by atoms with Crippen LogP contribution in [0.1, 0.15) is 233 Å². The molecule has 0 aliphatic heterocycles. The molecule has 2 N–H and O–H groups in total. The van der Waals surface area contributed by atoms with Crippen LogP contribution in [0.25, 0.3) is 0 Å². The monoisotopic (exact) mass is 606 g/mol. The third kappa shape index (κ3) is 33.7.